The highest BCUT2D eigenvalue weighted by molar-refractivity contribution is 5.90. The summed E-state index contributed by atoms with van der Waals surface area (Å²) in [6.07, 6.45) is 1.60. The molecule has 2 aromatic carbocycles. The van der Waals surface area contributed by atoms with Crippen molar-refractivity contribution < 1.29 is 19.0 Å². The molecule has 0 saturated carbocycles. The van der Waals surface area contributed by atoms with E-state index in [4.69, 9.17) is 14.2 Å². The van der Waals surface area contributed by atoms with E-state index in [-0.39, 0.29) is 5.97 Å². The molecule has 5 rings (SSSR count). The number of piperazine rings is 1. The van der Waals surface area contributed by atoms with Crippen molar-refractivity contribution in [3.05, 3.63) is 66.0 Å². The summed E-state index contributed by atoms with van der Waals surface area (Å²) in [4.78, 5) is 17.4. The van der Waals surface area contributed by atoms with Gasteiger partial charge in [0.05, 0.1) is 24.2 Å². The summed E-state index contributed by atoms with van der Waals surface area (Å²) in [7, 11) is 0. The monoisotopic (exact) mass is 448 g/mol. The van der Waals surface area contributed by atoms with Crippen LogP contribution < -0.4 is 14.4 Å². The van der Waals surface area contributed by atoms with Crippen molar-refractivity contribution in [3.8, 4) is 17.2 Å². The Balaban J connectivity index is 1.39. The first-order valence-electron chi connectivity index (χ1n) is 11.4. The fourth-order valence-electron chi connectivity index (χ4n) is 4.31. The van der Waals surface area contributed by atoms with Crippen LogP contribution in [-0.4, -0.2) is 66.6 Å². The molecule has 33 heavy (non-hydrogen) atoms. The standard InChI is InChI=1S/C25H28N4O4/c1-2-31-25(30)21-17-26-29(20-8-9-23-24(16-20)33-15-14-32-23)22(21)18-27-10-12-28(13-11-27)19-6-4-3-5-7-19/h3-9,16-17H,2,10-15,18H2,1H3. The van der Waals surface area contributed by atoms with Crippen LogP contribution in [0.1, 0.15) is 23.0 Å². The molecule has 0 N–H and O–H groups in total. The molecule has 3 aromatic rings. The summed E-state index contributed by atoms with van der Waals surface area (Å²) >= 11 is 0. The Bertz CT molecular complexity index is 1110. The molecule has 0 atom stereocenters. The lowest BCUT2D eigenvalue weighted by Crippen LogP contribution is -2.46. The largest absolute Gasteiger partial charge is 0.486 e. The third-order valence-corrected chi connectivity index (χ3v) is 6.00. The van der Waals surface area contributed by atoms with E-state index in [1.165, 1.54) is 5.69 Å². The maximum atomic E-state index is 12.7. The third-order valence-electron chi connectivity index (χ3n) is 6.00. The zero-order valence-electron chi connectivity index (χ0n) is 18.8. The molecular formula is C25H28N4O4. The van der Waals surface area contributed by atoms with Gasteiger partial charge in [0.15, 0.2) is 11.5 Å². The van der Waals surface area contributed by atoms with Gasteiger partial charge in [0.25, 0.3) is 0 Å². The van der Waals surface area contributed by atoms with Crippen molar-refractivity contribution in [3.63, 3.8) is 0 Å². The van der Waals surface area contributed by atoms with Crippen molar-refractivity contribution >= 4 is 11.7 Å². The van der Waals surface area contributed by atoms with Crippen molar-refractivity contribution in [1.29, 1.82) is 0 Å². The first-order chi connectivity index (χ1) is 16.2. The van der Waals surface area contributed by atoms with Crippen LogP contribution in [0.2, 0.25) is 0 Å². The smallest absolute Gasteiger partial charge is 0.341 e. The summed E-state index contributed by atoms with van der Waals surface area (Å²) in [5, 5.41) is 4.55. The second-order valence-corrected chi connectivity index (χ2v) is 8.06. The predicted octanol–water partition coefficient (Wildman–Crippen LogP) is 3.14. The highest BCUT2D eigenvalue weighted by Crippen LogP contribution is 2.32. The number of benzene rings is 2. The van der Waals surface area contributed by atoms with Gasteiger partial charge < -0.3 is 19.1 Å². The van der Waals surface area contributed by atoms with Crippen LogP contribution in [0.3, 0.4) is 0 Å². The minimum atomic E-state index is -0.348. The van der Waals surface area contributed by atoms with Crippen molar-refractivity contribution in [2.75, 3.05) is 50.9 Å². The van der Waals surface area contributed by atoms with Gasteiger partial charge in [0.2, 0.25) is 0 Å². The van der Waals surface area contributed by atoms with E-state index in [1.54, 1.807) is 6.20 Å². The zero-order chi connectivity index (χ0) is 22.6. The maximum absolute atomic E-state index is 12.7. The molecule has 0 spiro atoms. The van der Waals surface area contributed by atoms with Gasteiger partial charge in [-0.25, -0.2) is 9.48 Å². The highest BCUT2D eigenvalue weighted by Gasteiger charge is 2.25. The Kier molecular flexibility index (Phi) is 6.17. The van der Waals surface area contributed by atoms with Crippen LogP contribution in [0.4, 0.5) is 5.69 Å². The van der Waals surface area contributed by atoms with Crippen molar-refractivity contribution in [1.82, 2.24) is 14.7 Å². The molecule has 2 aliphatic heterocycles. The molecule has 1 fully saturated rings. The number of aromatic nitrogens is 2. The minimum absolute atomic E-state index is 0.323. The molecule has 1 aromatic heterocycles. The van der Waals surface area contributed by atoms with Gasteiger partial charge in [0, 0.05) is 44.5 Å². The molecule has 8 nitrogen and oxygen atoms in total. The summed E-state index contributed by atoms with van der Waals surface area (Å²) in [6.45, 7) is 7.43. The molecule has 3 heterocycles. The molecule has 1 saturated heterocycles. The van der Waals surface area contributed by atoms with Gasteiger partial charge in [-0.3, -0.25) is 4.90 Å². The number of carbonyl (C=O) groups excluding carboxylic acids is 1. The maximum Gasteiger partial charge on any atom is 0.341 e. The summed E-state index contributed by atoms with van der Waals surface area (Å²) < 4.78 is 18.5. The quantitative estimate of drug-likeness (QED) is 0.537. The second kappa shape index (κ2) is 9.54. The molecule has 172 valence electrons. The van der Waals surface area contributed by atoms with E-state index < -0.39 is 0 Å². The Morgan fingerprint density at radius 3 is 2.48 bits per heavy atom. The first-order valence-corrected chi connectivity index (χ1v) is 11.4. The number of hydrogen-bond acceptors (Lipinski definition) is 7. The molecule has 0 radical (unpaired) electrons. The van der Waals surface area contributed by atoms with Crippen molar-refractivity contribution in [2.45, 2.75) is 13.5 Å². The van der Waals surface area contributed by atoms with Gasteiger partial charge in [-0.1, -0.05) is 18.2 Å². The average molecular weight is 449 g/mol. The molecule has 0 bridgehead atoms. The molecule has 0 aliphatic carbocycles. The lowest BCUT2D eigenvalue weighted by Gasteiger charge is -2.36. The number of carbonyl (C=O) groups is 1. The van der Waals surface area contributed by atoms with Crippen LogP contribution in [0.5, 0.6) is 11.5 Å². The Morgan fingerprint density at radius 1 is 0.970 bits per heavy atom. The number of rotatable bonds is 6. The molecule has 0 unspecified atom stereocenters. The number of anilines is 1. The van der Waals surface area contributed by atoms with Crippen LogP contribution in [0.25, 0.3) is 5.69 Å². The number of fused-ring (bicyclic) bond motifs is 1. The zero-order valence-corrected chi connectivity index (χ0v) is 18.8. The van der Waals surface area contributed by atoms with Gasteiger partial charge in [-0.2, -0.15) is 5.10 Å². The summed E-state index contributed by atoms with van der Waals surface area (Å²) in [6, 6.07) is 16.2. The molecule has 8 heteroatoms. The van der Waals surface area contributed by atoms with E-state index >= 15 is 0 Å². The van der Waals surface area contributed by atoms with Gasteiger partial charge in [-0.15, -0.1) is 0 Å². The predicted molar refractivity (Wildman–Crippen MR) is 124 cm³/mol. The van der Waals surface area contributed by atoms with Gasteiger partial charge in [0.1, 0.15) is 18.8 Å². The Hall–Kier alpha value is -3.52. The summed E-state index contributed by atoms with van der Waals surface area (Å²) in [5.41, 5.74) is 3.38. The number of esters is 1. The normalized spacial score (nSPS) is 16.0. The lowest BCUT2D eigenvalue weighted by atomic mass is 10.2. The number of nitrogens with zero attached hydrogens (tertiary/aromatic N) is 4. The minimum Gasteiger partial charge on any atom is -0.486 e. The SMILES string of the molecule is CCOC(=O)c1cnn(-c2ccc3c(c2)OCCO3)c1CN1CCN(c2ccccc2)CC1. The van der Waals surface area contributed by atoms with Crippen LogP contribution in [-0.2, 0) is 11.3 Å². The topological polar surface area (TPSA) is 69.1 Å². The van der Waals surface area contributed by atoms with E-state index in [9.17, 15) is 4.79 Å². The van der Waals surface area contributed by atoms with Crippen LogP contribution in [0.15, 0.2) is 54.7 Å². The van der Waals surface area contributed by atoms with E-state index in [2.05, 4.69) is 39.2 Å². The van der Waals surface area contributed by atoms with E-state index in [1.807, 2.05) is 35.9 Å². The molecule has 0 amide bonds. The third kappa shape index (κ3) is 4.52. The van der Waals surface area contributed by atoms with Crippen molar-refractivity contribution in [2.24, 2.45) is 0 Å². The fraction of sp³-hybridized carbons (Fsp3) is 0.360. The first kappa shape index (κ1) is 21.3. The molecule has 2 aliphatic rings. The Labute approximate surface area is 193 Å². The fourth-order valence-corrected chi connectivity index (χ4v) is 4.31. The van der Waals surface area contributed by atoms with E-state index in [0.29, 0.717) is 37.7 Å². The lowest BCUT2D eigenvalue weighted by molar-refractivity contribution is 0.0523. The summed E-state index contributed by atoms with van der Waals surface area (Å²) in [5.74, 6) is 1.06. The highest BCUT2D eigenvalue weighted by atomic mass is 16.6. The van der Waals surface area contributed by atoms with Crippen LogP contribution in [0, 0.1) is 0 Å². The second-order valence-electron chi connectivity index (χ2n) is 8.06. The van der Waals surface area contributed by atoms with E-state index in [0.717, 1.165) is 43.3 Å². The number of para-hydroxylation sites is 1. The average Bonchev–Trinajstić information content (AvgIpc) is 3.28. The Morgan fingerprint density at radius 2 is 1.73 bits per heavy atom. The number of hydrogen-bond donors (Lipinski definition) is 0. The molecular weight excluding hydrogens is 420 g/mol. The van der Waals surface area contributed by atoms with Gasteiger partial charge >= 0.3 is 5.97 Å². The van der Waals surface area contributed by atoms with Gasteiger partial charge in [-0.05, 0) is 31.2 Å². The van der Waals surface area contributed by atoms with Crippen LogP contribution >= 0.6 is 0 Å². The number of ether oxygens (including phenoxy) is 3.